The van der Waals surface area contributed by atoms with Crippen LogP contribution >= 0.6 is 0 Å². The van der Waals surface area contributed by atoms with Crippen molar-refractivity contribution in [1.82, 2.24) is 0 Å². The second kappa shape index (κ2) is 9.84. The van der Waals surface area contributed by atoms with Gasteiger partial charge < -0.3 is 9.47 Å². The van der Waals surface area contributed by atoms with E-state index in [9.17, 15) is 0 Å². The Morgan fingerprint density at radius 2 is 1.67 bits per heavy atom. The van der Waals surface area contributed by atoms with Crippen molar-refractivity contribution in [3.8, 4) is 11.5 Å². The number of fused-ring (bicyclic) bond motifs is 1. The van der Waals surface area contributed by atoms with E-state index in [4.69, 9.17) is 9.47 Å². The molecule has 156 valence electrons. The smallest absolute Gasteiger partial charge is 0.126 e. The molecule has 0 spiro atoms. The van der Waals surface area contributed by atoms with Crippen LogP contribution in [0.25, 0.3) is 0 Å². The molecule has 4 rings (SSSR count). The lowest BCUT2D eigenvalue weighted by molar-refractivity contribution is 0.247. The molecule has 0 N–H and O–H groups in total. The zero-order valence-corrected chi connectivity index (χ0v) is 18.1. The fourth-order valence-corrected chi connectivity index (χ4v) is 4.56. The molecule has 2 unspecified atom stereocenters. The van der Waals surface area contributed by atoms with Crippen molar-refractivity contribution >= 4 is 0 Å². The lowest BCUT2D eigenvalue weighted by atomic mass is 9.75. The summed E-state index contributed by atoms with van der Waals surface area (Å²) >= 11 is 0. The molecule has 0 saturated carbocycles. The van der Waals surface area contributed by atoms with Gasteiger partial charge in [0, 0.05) is 23.5 Å². The number of aryl methyl sites for hydroxylation is 1. The summed E-state index contributed by atoms with van der Waals surface area (Å²) in [6, 6.07) is 26.3. The van der Waals surface area contributed by atoms with Crippen molar-refractivity contribution < 1.29 is 9.47 Å². The first kappa shape index (κ1) is 20.5. The highest BCUT2D eigenvalue weighted by Gasteiger charge is 2.33. The lowest BCUT2D eigenvalue weighted by Gasteiger charge is -2.34. The molecule has 1 aliphatic rings. The number of rotatable bonds is 8. The zero-order valence-electron chi connectivity index (χ0n) is 18.1. The van der Waals surface area contributed by atoms with Gasteiger partial charge in [0.05, 0.1) is 13.7 Å². The van der Waals surface area contributed by atoms with Crippen molar-refractivity contribution in [2.75, 3.05) is 13.7 Å². The van der Waals surface area contributed by atoms with Gasteiger partial charge in [-0.25, -0.2) is 0 Å². The minimum absolute atomic E-state index is 0.274. The summed E-state index contributed by atoms with van der Waals surface area (Å²) < 4.78 is 11.6. The molecule has 0 bridgehead atoms. The average molecular weight is 401 g/mol. The molecular weight excluding hydrogens is 368 g/mol. The second-order valence-electron chi connectivity index (χ2n) is 8.26. The predicted octanol–water partition coefficient (Wildman–Crippen LogP) is 7.13. The van der Waals surface area contributed by atoms with Gasteiger partial charge in [0.15, 0.2) is 0 Å². The first-order valence-corrected chi connectivity index (χ1v) is 11.2. The summed E-state index contributed by atoms with van der Waals surface area (Å²) in [5, 5.41) is 0. The molecule has 2 heteroatoms. The molecule has 1 aliphatic heterocycles. The Bertz CT molecular complexity index is 931. The minimum Gasteiger partial charge on any atom is -0.497 e. The van der Waals surface area contributed by atoms with Crippen molar-refractivity contribution in [2.45, 2.75) is 50.9 Å². The van der Waals surface area contributed by atoms with E-state index < -0.39 is 0 Å². The lowest BCUT2D eigenvalue weighted by Crippen LogP contribution is -2.25. The molecule has 2 nitrogen and oxygen atoms in total. The van der Waals surface area contributed by atoms with Gasteiger partial charge in [0.25, 0.3) is 0 Å². The predicted molar refractivity (Wildman–Crippen MR) is 124 cm³/mol. The first-order chi connectivity index (χ1) is 14.8. The Hall–Kier alpha value is -2.74. The van der Waals surface area contributed by atoms with E-state index in [0.29, 0.717) is 12.5 Å². The summed E-state index contributed by atoms with van der Waals surface area (Å²) in [6.07, 6.45) is 6.39. The van der Waals surface area contributed by atoms with Crippen LogP contribution in [0.1, 0.15) is 66.7 Å². The van der Waals surface area contributed by atoms with E-state index in [-0.39, 0.29) is 5.92 Å². The maximum Gasteiger partial charge on any atom is 0.126 e. The maximum absolute atomic E-state index is 6.20. The van der Waals surface area contributed by atoms with Gasteiger partial charge in [-0.15, -0.1) is 0 Å². The fraction of sp³-hybridized carbons (Fsp3) is 0.357. The van der Waals surface area contributed by atoms with Gasteiger partial charge in [0.2, 0.25) is 0 Å². The number of hydrogen-bond acceptors (Lipinski definition) is 2. The first-order valence-electron chi connectivity index (χ1n) is 11.2. The Kier molecular flexibility index (Phi) is 6.74. The van der Waals surface area contributed by atoms with Crippen LogP contribution in [0.4, 0.5) is 0 Å². The molecule has 3 aromatic rings. The second-order valence-corrected chi connectivity index (χ2v) is 8.26. The van der Waals surface area contributed by atoms with Crippen LogP contribution in [0.3, 0.4) is 0 Å². The summed E-state index contributed by atoms with van der Waals surface area (Å²) in [5.41, 5.74) is 5.36. The van der Waals surface area contributed by atoms with Crippen LogP contribution in [-0.4, -0.2) is 13.7 Å². The maximum atomic E-state index is 6.20. The monoisotopic (exact) mass is 400 g/mol. The third-order valence-corrected chi connectivity index (χ3v) is 6.26. The quantitative estimate of drug-likeness (QED) is 0.375. The van der Waals surface area contributed by atoms with Crippen LogP contribution in [0, 0.1) is 0 Å². The molecule has 3 aromatic carbocycles. The molecule has 30 heavy (non-hydrogen) atoms. The van der Waals surface area contributed by atoms with Gasteiger partial charge in [-0.1, -0.05) is 86.8 Å². The third kappa shape index (κ3) is 4.53. The number of unbranched alkanes of at least 4 members (excludes halogenated alkanes) is 3. The van der Waals surface area contributed by atoms with Crippen LogP contribution in [0.15, 0.2) is 72.8 Å². The minimum atomic E-state index is 0.274. The van der Waals surface area contributed by atoms with Crippen molar-refractivity contribution in [1.29, 1.82) is 0 Å². The highest BCUT2D eigenvalue weighted by Crippen LogP contribution is 2.46. The van der Waals surface area contributed by atoms with Crippen molar-refractivity contribution in [3.63, 3.8) is 0 Å². The van der Waals surface area contributed by atoms with Gasteiger partial charge in [-0.2, -0.15) is 0 Å². The summed E-state index contributed by atoms with van der Waals surface area (Å²) in [6.45, 7) is 2.94. The van der Waals surface area contributed by atoms with E-state index in [1.165, 1.54) is 54.4 Å². The van der Waals surface area contributed by atoms with E-state index in [1.54, 1.807) is 7.11 Å². The number of hydrogen-bond donors (Lipinski definition) is 0. The summed E-state index contributed by atoms with van der Waals surface area (Å²) in [4.78, 5) is 0. The number of methoxy groups -OCH3 is 1. The SMILES string of the molecule is CCCCCCc1ccc(C2c3ccc(OC)cc3OCC2c2ccccc2)cc1. The van der Waals surface area contributed by atoms with Crippen LogP contribution in [0.2, 0.25) is 0 Å². The van der Waals surface area contributed by atoms with E-state index in [2.05, 4.69) is 67.6 Å². The van der Waals surface area contributed by atoms with Crippen molar-refractivity contribution in [2.24, 2.45) is 0 Å². The molecule has 1 heterocycles. The molecule has 0 radical (unpaired) electrons. The van der Waals surface area contributed by atoms with Gasteiger partial charge in [-0.3, -0.25) is 0 Å². The van der Waals surface area contributed by atoms with E-state index >= 15 is 0 Å². The molecule has 0 fully saturated rings. The third-order valence-electron chi connectivity index (χ3n) is 6.26. The standard InChI is InChI=1S/C28H32O2/c1-3-4-5-7-10-21-13-15-23(16-14-21)28-25-18-17-24(29-2)19-27(25)30-20-26(28)22-11-8-6-9-12-22/h6,8-9,11-19,26,28H,3-5,7,10,20H2,1-2H3. The zero-order chi connectivity index (χ0) is 20.8. The van der Waals surface area contributed by atoms with Gasteiger partial charge in [0.1, 0.15) is 11.5 Å². The summed E-state index contributed by atoms with van der Waals surface area (Å²) in [7, 11) is 1.70. The Morgan fingerprint density at radius 1 is 0.867 bits per heavy atom. The highest BCUT2D eigenvalue weighted by atomic mass is 16.5. The largest absolute Gasteiger partial charge is 0.497 e. The Balaban J connectivity index is 1.65. The number of benzene rings is 3. The molecule has 0 aliphatic carbocycles. The molecule has 0 amide bonds. The van der Waals surface area contributed by atoms with Gasteiger partial charge in [-0.05, 0) is 35.6 Å². The highest BCUT2D eigenvalue weighted by molar-refractivity contribution is 5.50. The van der Waals surface area contributed by atoms with Crippen LogP contribution < -0.4 is 9.47 Å². The fourth-order valence-electron chi connectivity index (χ4n) is 4.56. The number of ether oxygens (including phenoxy) is 2. The van der Waals surface area contributed by atoms with E-state index in [0.717, 1.165) is 11.5 Å². The summed E-state index contributed by atoms with van der Waals surface area (Å²) in [5.74, 6) is 2.35. The van der Waals surface area contributed by atoms with Crippen LogP contribution in [0.5, 0.6) is 11.5 Å². The van der Waals surface area contributed by atoms with Crippen molar-refractivity contribution in [3.05, 3.63) is 95.1 Å². The molecule has 0 saturated heterocycles. The average Bonchev–Trinajstić information content (AvgIpc) is 2.82. The van der Waals surface area contributed by atoms with Crippen LogP contribution in [-0.2, 0) is 6.42 Å². The molecular formula is C28H32O2. The molecule has 0 aromatic heterocycles. The van der Waals surface area contributed by atoms with E-state index in [1.807, 2.05) is 12.1 Å². The molecule has 2 atom stereocenters. The Morgan fingerprint density at radius 3 is 2.40 bits per heavy atom. The topological polar surface area (TPSA) is 18.5 Å². The van der Waals surface area contributed by atoms with Gasteiger partial charge >= 0.3 is 0 Å². The normalized spacial score (nSPS) is 17.8. The Labute approximate surface area is 180 Å².